The van der Waals surface area contributed by atoms with E-state index < -0.39 is 0 Å². The van der Waals surface area contributed by atoms with E-state index in [-0.39, 0.29) is 12.0 Å². The Hall–Kier alpha value is -0.570. The summed E-state index contributed by atoms with van der Waals surface area (Å²) in [5, 5.41) is 0. The minimum atomic E-state index is -0.132. The fourth-order valence-corrected chi connectivity index (χ4v) is 2.37. The second-order valence-corrected chi connectivity index (χ2v) is 4.86. The highest BCUT2D eigenvalue weighted by atomic mass is 16.5. The van der Waals surface area contributed by atoms with Crippen LogP contribution in [0.5, 0.6) is 0 Å². The van der Waals surface area contributed by atoms with Crippen LogP contribution in [-0.2, 0) is 9.53 Å². The van der Waals surface area contributed by atoms with E-state index in [0.717, 1.165) is 57.7 Å². The lowest BCUT2D eigenvalue weighted by molar-refractivity contribution is -0.147. The fourth-order valence-electron chi connectivity index (χ4n) is 2.37. The Bertz CT molecular complexity index is 216. The summed E-state index contributed by atoms with van der Waals surface area (Å²) in [7, 11) is 0. The molecule has 2 saturated heterocycles. The molecule has 0 spiro atoms. The normalized spacial score (nSPS) is 29.1. The van der Waals surface area contributed by atoms with Crippen LogP contribution in [0.4, 0.5) is 0 Å². The molecule has 0 aromatic carbocycles. The van der Waals surface area contributed by atoms with Crippen LogP contribution in [0.1, 0.15) is 39.0 Å². The van der Waals surface area contributed by atoms with Gasteiger partial charge < -0.3 is 9.64 Å². The predicted octanol–water partition coefficient (Wildman–Crippen LogP) is 1.81. The first-order valence-electron chi connectivity index (χ1n) is 6.18. The molecule has 0 radical (unpaired) electrons. The third kappa shape index (κ3) is 2.71. The van der Waals surface area contributed by atoms with E-state index >= 15 is 0 Å². The zero-order valence-corrected chi connectivity index (χ0v) is 9.58. The molecule has 3 heteroatoms. The van der Waals surface area contributed by atoms with Gasteiger partial charge in [0, 0.05) is 19.7 Å². The quantitative estimate of drug-likeness (QED) is 0.662. The fraction of sp³-hybridized carbons (Fsp3) is 0.917. The summed E-state index contributed by atoms with van der Waals surface area (Å²) in [6.07, 6.45) is 5.34. The van der Waals surface area contributed by atoms with Gasteiger partial charge in [-0.15, -0.1) is 0 Å². The second-order valence-electron chi connectivity index (χ2n) is 4.86. The first kappa shape index (κ1) is 10.9. The van der Waals surface area contributed by atoms with Gasteiger partial charge in [-0.2, -0.15) is 0 Å². The Labute approximate surface area is 91.8 Å². The van der Waals surface area contributed by atoms with Crippen molar-refractivity contribution >= 4 is 5.91 Å². The lowest BCUT2D eigenvalue weighted by Crippen LogP contribution is -2.45. The van der Waals surface area contributed by atoms with E-state index in [9.17, 15) is 4.79 Å². The van der Waals surface area contributed by atoms with Gasteiger partial charge in [0.25, 0.3) is 5.91 Å². The first-order valence-corrected chi connectivity index (χ1v) is 6.18. The van der Waals surface area contributed by atoms with Crippen molar-refractivity contribution in [1.82, 2.24) is 4.90 Å². The summed E-state index contributed by atoms with van der Waals surface area (Å²) in [6, 6.07) is 0. The topological polar surface area (TPSA) is 29.5 Å². The molecule has 0 saturated carbocycles. The standard InChI is InChI=1S/C12H21NO2/c1-10-5-7-13(8-6-10)12(14)11-4-2-3-9-15-11/h10-11H,2-9H2,1H3. The van der Waals surface area contributed by atoms with Crippen LogP contribution in [0, 0.1) is 5.92 Å². The largest absolute Gasteiger partial charge is 0.368 e. The van der Waals surface area contributed by atoms with Gasteiger partial charge in [0.1, 0.15) is 6.10 Å². The summed E-state index contributed by atoms with van der Waals surface area (Å²) in [6.45, 7) is 4.89. The molecule has 2 fully saturated rings. The SMILES string of the molecule is CC1CCN(C(=O)C2CCCCO2)CC1. The summed E-state index contributed by atoms with van der Waals surface area (Å²) >= 11 is 0. The number of amides is 1. The van der Waals surface area contributed by atoms with Gasteiger partial charge in [0.05, 0.1) is 0 Å². The highest BCUT2D eigenvalue weighted by Gasteiger charge is 2.28. The highest BCUT2D eigenvalue weighted by molar-refractivity contribution is 5.81. The summed E-state index contributed by atoms with van der Waals surface area (Å²) in [5.74, 6) is 1.02. The van der Waals surface area contributed by atoms with E-state index in [2.05, 4.69) is 6.92 Å². The van der Waals surface area contributed by atoms with Crippen molar-refractivity contribution in [3.63, 3.8) is 0 Å². The van der Waals surface area contributed by atoms with Gasteiger partial charge in [-0.25, -0.2) is 0 Å². The monoisotopic (exact) mass is 211 g/mol. The maximum atomic E-state index is 12.1. The Morgan fingerprint density at radius 1 is 1.20 bits per heavy atom. The summed E-state index contributed by atoms with van der Waals surface area (Å²) in [4.78, 5) is 14.1. The lowest BCUT2D eigenvalue weighted by Gasteiger charge is -2.34. The van der Waals surface area contributed by atoms with Gasteiger partial charge in [0.15, 0.2) is 0 Å². The molecular weight excluding hydrogens is 190 g/mol. The zero-order chi connectivity index (χ0) is 10.7. The van der Waals surface area contributed by atoms with Crippen LogP contribution >= 0.6 is 0 Å². The molecular formula is C12H21NO2. The summed E-state index contributed by atoms with van der Waals surface area (Å²) < 4.78 is 5.53. The van der Waals surface area contributed by atoms with Crippen molar-refractivity contribution in [2.45, 2.75) is 45.1 Å². The molecule has 0 aliphatic carbocycles. The third-order valence-corrected chi connectivity index (χ3v) is 3.55. The maximum Gasteiger partial charge on any atom is 0.251 e. The number of nitrogens with zero attached hydrogens (tertiary/aromatic N) is 1. The van der Waals surface area contributed by atoms with Crippen molar-refractivity contribution in [3.05, 3.63) is 0 Å². The number of piperidine rings is 1. The van der Waals surface area contributed by atoms with E-state index in [4.69, 9.17) is 4.74 Å². The second kappa shape index (κ2) is 4.97. The Morgan fingerprint density at radius 3 is 2.53 bits per heavy atom. The minimum Gasteiger partial charge on any atom is -0.368 e. The molecule has 0 aromatic heterocycles. The number of carbonyl (C=O) groups excluding carboxylic acids is 1. The molecule has 15 heavy (non-hydrogen) atoms. The molecule has 2 heterocycles. The molecule has 1 unspecified atom stereocenters. The van der Waals surface area contributed by atoms with Crippen molar-refractivity contribution in [2.24, 2.45) is 5.92 Å². The van der Waals surface area contributed by atoms with Gasteiger partial charge in [-0.1, -0.05) is 6.92 Å². The number of likely N-dealkylation sites (tertiary alicyclic amines) is 1. The minimum absolute atomic E-state index is 0.132. The van der Waals surface area contributed by atoms with Crippen LogP contribution < -0.4 is 0 Å². The molecule has 0 bridgehead atoms. The first-order chi connectivity index (χ1) is 7.27. The number of rotatable bonds is 1. The molecule has 2 aliphatic rings. The number of ether oxygens (including phenoxy) is 1. The van der Waals surface area contributed by atoms with E-state index in [1.165, 1.54) is 0 Å². The van der Waals surface area contributed by atoms with Gasteiger partial charge >= 0.3 is 0 Å². The van der Waals surface area contributed by atoms with E-state index in [0.29, 0.717) is 0 Å². The number of hydrogen-bond donors (Lipinski definition) is 0. The highest BCUT2D eigenvalue weighted by Crippen LogP contribution is 2.20. The van der Waals surface area contributed by atoms with Gasteiger partial charge in [0.2, 0.25) is 0 Å². The maximum absolute atomic E-state index is 12.1. The zero-order valence-electron chi connectivity index (χ0n) is 9.58. The van der Waals surface area contributed by atoms with Crippen LogP contribution in [0.15, 0.2) is 0 Å². The summed E-state index contributed by atoms with van der Waals surface area (Å²) in [5.41, 5.74) is 0. The Morgan fingerprint density at radius 2 is 1.93 bits per heavy atom. The Kier molecular flexibility index (Phi) is 3.62. The van der Waals surface area contributed by atoms with Crippen LogP contribution in [0.3, 0.4) is 0 Å². The average Bonchev–Trinajstić information content (AvgIpc) is 2.30. The van der Waals surface area contributed by atoms with Crippen LogP contribution in [-0.4, -0.2) is 36.6 Å². The molecule has 2 rings (SSSR count). The van der Waals surface area contributed by atoms with E-state index in [1.807, 2.05) is 4.90 Å². The van der Waals surface area contributed by atoms with Crippen molar-refractivity contribution < 1.29 is 9.53 Å². The van der Waals surface area contributed by atoms with E-state index in [1.54, 1.807) is 0 Å². The van der Waals surface area contributed by atoms with Crippen LogP contribution in [0.2, 0.25) is 0 Å². The van der Waals surface area contributed by atoms with Crippen molar-refractivity contribution in [2.75, 3.05) is 19.7 Å². The lowest BCUT2D eigenvalue weighted by atomic mass is 9.98. The van der Waals surface area contributed by atoms with Crippen molar-refractivity contribution in [1.29, 1.82) is 0 Å². The molecule has 0 N–H and O–H groups in total. The molecule has 1 amide bonds. The molecule has 0 aromatic rings. The van der Waals surface area contributed by atoms with Crippen molar-refractivity contribution in [3.8, 4) is 0 Å². The smallest absolute Gasteiger partial charge is 0.251 e. The molecule has 1 atom stereocenters. The van der Waals surface area contributed by atoms with Gasteiger partial charge in [-0.3, -0.25) is 4.79 Å². The number of carbonyl (C=O) groups is 1. The number of hydrogen-bond acceptors (Lipinski definition) is 2. The third-order valence-electron chi connectivity index (χ3n) is 3.55. The van der Waals surface area contributed by atoms with Crippen LogP contribution in [0.25, 0.3) is 0 Å². The molecule has 2 aliphatic heterocycles. The predicted molar refractivity (Wildman–Crippen MR) is 58.6 cm³/mol. The Balaban J connectivity index is 1.84. The van der Waals surface area contributed by atoms with Gasteiger partial charge in [-0.05, 0) is 38.0 Å². The molecule has 3 nitrogen and oxygen atoms in total. The average molecular weight is 211 g/mol. The molecule has 86 valence electrons.